The fourth-order valence-electron chi connectivity index (χ4n) is 1.42. The lowest BCUT2D eigenvalue weighted by Gasteiger charge is -2.03. The minimum atomic E-state index is -0.607. The Morgan fingerprint density at radius 2 is 2.26 bits per heavy atom. The lowest BCUT2D eigenvalue weighted by molar-refractivity contribution is -0.383. The Morgan fingerprint density at radius 1 is 1.58 bits per heavy atom. The predicted molar refractivity (Wildman–Crippen MR) is 72.8 cm³/mol. The standard InChI is InChI=1S/C12H13ClN2O4/c1-2-19-11(16)5-3-4-8-6-9(13)7-10(12(8)14)15(17)18/h3-4,6-7H,2,5,14H2,1H3. The van der Waals surface area contributed by atoms with Crippen molar-refractivity contribution >= 4 is 35.0 Å². The molecule has 2 N–H and O–H groups in total. The SMILES string of the molecule is CCOC(=O)CC=Cc1cc(Cl)cc([N+](=O)[O-])c1N. The van der Waals surface area contributed by atoms with Gasteiger partial charge in [-0.15, -0.1) is 0 Å². The number of rotatable bonds is 5. The number of hydrogen-bond acceptors (Lipinski definition) is 5. The summed E-state index contributed by atoms with van der Waals surface area (Å²) in [6.45, 7) is 2.01. The minimum absolute atomic E-state index is 0.00880. The van der Waals surface area contributed by atoms with Crippen LogP contribution in [0.5, 0.6) is 0 Å². The highest BCUT2D eigenvalue weighted by Crippen LogP contribution is 2.30. The Morgan fingerprint density at radius 3 is 2.84 bits per heavy atom. The molecular weight excluding hydrogens is 272 g/mol. The van der Waals surface area contributed by atoms with Gasteiger partial charge in [0.25, 0.3) is 5.69 Å². The fraction of sp³-hybridized carbons (Fsp3) is 0.250. The molecule has 0 aliphatic rings. The van der Waals surface area contributed by atoms with E-state index in [0.29, 0.717) is 12.2 Å². The predicted octanol–water partition coefficient (Wildman–Crippen LogP) is 2.80. The number of nitrogens with two attached hydrogens (primary N) is 1. The first-order valence-corrected chi connectivity index (χ1v) is 5.89. The molecule has 0 aromatic heterocycles. The van der Waals surface area contributed by atoms with Gasteiger partial charge in [0.05, 0.1) is 18.0 Å². The van der Waals surface area contributed by atoms with Gasteiger partial charge < -0.3 is 10.5 Å². The molecule has 7 heteroatoms. The van der Waals surface area contributed by atoms with Crippen LogP contribution in [-0.4, -0.2) is 17.5 Å². The van der Waals surface area contributed by atoms with Crippen molar-refractivity contribution in [3.8, 4) is 0 Å². The number of nitro benzene ring substituents is 1. The number of nitro groups is 1. The van der Waals surface area contributed by atoms with Crippen LogP contribution in [0.3, 0.4) is 0 Å². The maximum atomic E-state index is 11.1. The van der Waals surface area contributed by atoms with Gasteiger partial charge in [0.1, 0.15) is 5.69 Å². The van der Waals surface area contributed by atoms with Gasteiger partial charge in [-0.25, -0.2) is 0 Å². The van der Waals surface area contributed by atoms with Gasteiger partial charge in [-0.3, -0.25) is 14.9 Å². The number of hydrogen-bond donors (Lipinski definition) is 1. The van der Waals surface area contributed by atoms with Crippen LogP contribution in [-0.2, 0) is 9.53 Å². The summed E-state index contributed by atoms with van der Waals surface area (Å²) in [7, 11) is 0. The largest absolute Gasteiger partial charge is 0.466 e. The molecule has 1 aromatic rings. The quantitative estimate of drug-likeness (QED) is 0.388. The van der Waals surface area contributed by atoms with Crippen molar-refractivity contribution < 1.29 is 14.5 Å². The normalized spacial score (nSPS) is 10.6. The highest BCUT2D eigenvalue weighted by atomic mass is 35.5. The summed E-state index contributed by atoms with van der Waals surface area (Å²) in [6, 6.07) is 2.67. The second-order valence-corrected chi connectivity index (χ2v) is 4.03. The summed E-state index contributed by atoms with van der Waals surface area (Å²) in [5, 5.41) is 11.0. The molecule has 0 aliphatic heterocycles. The zero-order valence-electron chi connectivity index (χ0n) is 10.3. The van der Waals surface area contributed by atoms with Crippen molar-refractivity contribution in [3.63, 3.8) is 0 Å². The summed E-state index contributed by atoms with van der Waals surface area (Å²) in [4.78, 5) is 21.3. The molecule has 0 saturated carbocycles. The van der Waals surface area contributed by atoms with E-state index < -0.39 is 4.92 Å². The van der Waals surface area contributed by atoms with Crippen molar-refractivity contribution in [1.82, 2.24) is 0 Å². The molecule has 0 saturated heterocycles. The Balaban J connectivity index is 2.92. The Hall–Kier alpha value is -2.08. The molecular formula is C12H13ClN2O4. The summed E-state index contributed by atoms with van der Waals surface area (Å²) in [6.07, 6.45) is 3.09. The Kier molecular flexibility index (Phi) is 5.32. The van der Waals surface area contributed by atoms with E-state index in [0.717, 1.165) is 0 Å². The van der Waals surface area contributed by atoms with Gasteiger partial charge in [-0.1, -0.05) is 23.8 Å². The van der Waals surface area contributed by atoms with Gasteiger partial charge in [-0.05, 0) is 13.0 Å². The lowest BCUT2D eigenvalue weighted by atomic mass is 10.1. The lowest BCUT2D eigenvalue weighted by Crippen LogP contribution is -2.01. The number of nitrogen functional groups attached to an aromatic ring is 1. The number of nitrogens with zero attached hydrogens (tertiary/aromatic N) is 1. The molecule has 0 unspecified atom stereocenters. The first-order valence-electron chi connectivity index (χ1n) is 5.51. The number of ether oxygens (including phenoxy) is 1. The molecule has 102 valence electrons. The summed E-state index contributed by atoms with van der Waals surface area (Å²) < 4.78 is 4.74. The first kappa shape index (κ1) is 15.0. The van der Waals surface area contributed by atoms with Crippen molar-refractivity contribution in [2.45, 2.75) is 13.3 Å². The molecule has 0 bridgehead atoms. The molecule has 0 atom stereocenters. The monoisotopic (exact) mass is 284 g/mol. The number of esters is 1. The fourth-order valence-corrected chi connectivity index (χ4v) is 1.64. The zero-order chi connectivity index (χ0) is 14.4. The summed E-state index contributed by atoms with van der Waals surface area (Å²) in [5.74, 6) is -0.381. The maximum Gasteiger partial charge on any atom is 0.309 e. The van der Waals surface area contributed by atoms with Crippen LogP contribution in [0.1, 0.15) is 18.9 Å². The van der Waals surface area contributed by atoms with Gasteiger partial charge in [0.2, 0.25) is 0 Å². The van der Waals surface area contributed by atoms with E-state index in [-0.39, 0.29) is 28.8 Å². The number of halogens is 1. The summed E-state index contributed by atoms with van der Waals surface area (Å²) in [5.41, 5.74) is 5.80. The molecule has 19 heavy (non-hydrogen) atoms. The summed E-state index contributed by atoms with van der Waals surface area (Å²) >= 11 is 5.77. The number of carbonyl (C=O) groups is 1. The smallest absolute Gasteiger partial charge is 0.309 e. The molecule has 0 aliphatic carbocycles. The van der Waals surface area contributed by atoms with Crippen LogP contribution in [0, 0.1) is 10.1 Å². The van der Waals surface area contributed by atoms with Crippen LogP contribution in [0.15, 0.2) is 18.2 Å². The van der Waals surface area contributed by atoms with Gasteiger partial charge >= 0.3 is 5.97 Å². The van der Waals surface area contributed by atoms with Crippen LogP contribution in [0.25, 0.3) is 6.08 Å². The number of carbonyl (C=O) groups excluding carboxylic acids is 1. The van der Waals surface area contributed by atoms with E-state index in [4.69, 9.17) is 22.1 Å². The second-order valence-electron chi connectivity index (χ2n) is 3.60. The van der Waals surface area contributed by atoms with Crippen LogP contribution < -0.4 is 5.73 Å². The number of benzene rings is 1. The number of anilines is 1. The van der Waals surface area contributed by atoms with Crippen molar-refractivity contribution in [2.24, 2.45) is 0 Å². The molecule has 6 nitrogen and oxygen atoms in total. The molecule has 0 amide bonds. The third-order valence-electron chi connectivity index (χ3n) is 2.24. The Labute approximate surface area is 115 Å². The highest BCUT2D eigenvalue weighted by Gasteiger charge is 2.15. The van der Waals surface area contributed by atoms with E-state index >= 15 is 0 Å². The third-order valence-corrected chi connectivity index (χ3v) is 2.46. The molecule has 0 heterocycles. The van der Waals surface area contributed by atoms with Gasteiger partial charge in [-0.2, -0.15) is 0 Å². The van der Waals surface area contributed by atoms with Gasteiger partial charge in [0, 0.05) is 16.7 Å². The van der Waals surface area contributed by atoms with E-state index in [2.05, 4.69) is 0 Å². The van der Waals surface area contributed by atoms with Crippen LogP contribution in [0.4, 0.5) is 11.4 Å². The topological polar surface area (TPSA) is 95.5 Å². The average Bonchev–Trinajstić information content (AvgIpc) is 2.33. The maximum absolute atomic E-state index is 11.1. The molecule has 1 aromatic carbocycles. The Bertz CT molecular complexity index is 529. The van der Waals surface area contributed by atoms with E-state index in [1.54, 1.807) is 6.92 Å². The van der Waals surface area contributed by atoms with E-state index in [9.17, 15) is 14.9 Å². The average molecular weight is 285 g/mol. The molecule has 0 spiro atoms. The molecule has 0 radical (unpaired) electrons. The van der Waals surface area contributed by atoms with E-state index in [1.165, 1.54) is 24.3 Å². The van der Waals surface area contributed by atoms with Crippen LogP contribution in [0.2, 0.25) is 5.02 Å². The minimum Gasteiger partial charge on any atom is -0.466 e. The third kappa shape index (κ3) is 4.26. The van der Waals surface area contributed by atoms with E-state index in [1.807, 2.05) is 0 Å². The van der Waals surface area contributed by atoms with Crippen molar-refractivity contribution in [1.29, 1.82) is 0 Å². The highest BCUT2D eigenvalue weighted by molar-refractivity contribution is 6.31. The molecule has 0 fully saturated rings. The van der Waals surface area contributed by atoms with Crippen LogP contribution >= 0.6 is 11.6 Å². The zero-order valence-corrected chi connectivity index (χ0v) is 11.0. The van der Waals surface area contributed by atoms with Crippen molar-refractivity contribution in [3.05, 3.63) is 38.9 Å². The molecule has 1 rings (SSSR count). The van der Waals surface area contributed by atoms with Gasteiger partial charge in [0.15, 0.2) is 0 Å². The first-order chi connectivity index (χ1) is 8.95. The second kappa shape index (κ2) is 6.75. The van der Waals surface area contributed by atoms with Crippen molar-refractivity contribution in [2.75, 3.05) is 12.3 Å².